The van der Waals surface area contributed by atoms with E-state index in [-0.39, 0.29) is 12.0 Å². The Morgan fingerprint density at radius 3 is 2.00 bits per heavy atom. The molecule has 144 valence electrons. The van der Waals surface area contributed by atoms with Crippen molar-refractivity contribution < 1.29 is 14.3 Å². The van der Waals surface area contributed by atoms with Gasteiger partial charge >= 0.3 is 5.97 Å². The number of hydrogen-bond donors (Lipinski definition) is 0. The summed E-state index contributed by atoms with van der Waals surface area (Å²) in [5.74, 6) is 0.794. The van der Waals surface area contributed by atoms with Gasteiger partial charge in [0.15, 0.2) is 6.61 Å². The first-order valence-corrected chi connectivity index (χ1v) is 9.43. The Labute approximate surface area is 166 Å². The predicted molar refractivity (Wildman–Crippen MR) is 113 cm³/mol. The van der Waals surface area contributed by atoms with Crippen LogP contribution in [0.25, 0.3) is 11.1 Å². The lowest BCUT2D eigenvalue weighted by Gasteiger charge is -2.22. The Hall–Kier alpha value is -3.07. The maximum absolute atomic E-state index is 12.2. The molecule has 0 aliphatic heterocycles. The number of carbonyl (C=O) groups excluding carboxylic acids is 1. The average Bonchev–Trinajstić information content (AvgIpc) is 2.67. The van der Waals surface area contributed by atoms with Crippen LogP contribution in [0.5, 0.6) is 11.5 Å². The minimum absolute atomic E-state index is 0.0632. The van der Waals surface area contributed by atoms with Crippen LogP contribution >= 0.6 is 0 Å². The summed E-state index contributed by atoms with van der Waals surface area (Å²) in [5.41, 5.74) is 4.43. The average molecular weight is 374 g/mol. The highest BCUT2D eigenvalue weighted by molar-refractivity contribution is 5.74. The van der Waals surface area contributed by atoms with E-state index in [2.05, 4.69) is 52.0 Å². The highest BCUT2D eigenvalue weighted by Crippen LogP contribution is 2.31. The SMILES string of the molecule is Cc1ccc(-c2ccc(OC(=O)COc3ccccc3C(C)(C)C)cc2)cc1. The third kappa shape index (κ3) is 5.01. The summed E-state index contributed by atoms with van der Waals surface area (Å²) in [5, 5.41) is 0. The maximum atomic E-state index is 12.2. The number of rotatable bonds is 5. The van der Waals surface area contributed by atoms with Gasteiger partial charge in [-0.25, -0.2) is 4.79 Å². The van der Waals surface area contributed by atoms with E-state index in [0.717, 1.165) is 16.7 Å². The van der Waals surface area contributed by atoms with Crippen LogP contribution in [0.2, 0.25) is 0 Å². The number of aryl methyl sites for hydroxylation is 1. The fourth-order valence-corrected chi connectivity index (χ4v) is 2.97. The first kappa shape index (κ1) is 19.7. The summed E-state index contributed by atoms with van der Waals surface area (Å²) < 4.78 is 11.1. The van der Waals surface area contributed by atoms with Gasteiger partial charge in [-0.2, -0.15) is 0 Å². The van der Waals surface area contributed by atoms with Crippen molar-refractivity contribution >= 4 is 5.97 Å². The van der Waals surface area contributed by atoms with E-state index in [9.17, 15) is 4.79 Å². The standard InChI is InChI=1S/C25H26O3/c1-18-9-11-19(12-10-18)20-13-15-21(16-14-20)28-24(26)17-27-23-8-6-5-7-22(23)25(2,3)4/h5-16H,17H2,1-4H3. The molecular formula is C25H26O3. The van der Waals surface area contributed by atoms with E-state index >= 15 is 0 Å². The molecule has 0 saturated heterocycles. The molecule has 0 bridgehead atoms. The Morgan fingerprint density at radius 1 is 0.821 bits per heavy atom. The van der Waals surface area contributed by atoms with Gasteiger partial charge in [0.2, 0.25) is 0 Å². The van der Waals surface area contributed by atoms with Gasteiger partial charge in [0.25, 0.3) is 0 Å². The molecule has 3 heteroatoms. The van der Waals surface area contributed by atoms with Crippen molar-refractivity contribution in [2.45, 2.75) is 33.1 Å². The normalized spacial score (nSPS) is 11.1. The summed E-state index contributed by atoms with van der Waals surface area (Å²) in [6.07, 6.45) is 0. The van der Waals surface area contributed by atoms with Crippen LogP contribution in [0.1, 0.15) is 31.9 Å². The molecule has 3 aromatic rings. The summed E-state index contributed by atoms with van der Waals surface area (Å²) in [6.45, 7) is 8.27. The van der Waals surface area contributed by atoms with Gasteiger partial charge in [0.05, 0.1) is 0 Å². The van der Waals surface area contributed by atoms with Crippen LogP contribution in [-0.4, -0.2) is 12.6 Å². The lowest BCUT2D eigenvalue weighted by molar-refractivity contribution is -0.136. The zero-order valence-electron chi connectivity index (χ0n) is 16.9. The molecule has 0 saturated carbocycles. The molecule has 0 amide bonds. The molecule has 28 heavy (non-hydrogen) atoms. The molecule has 0 unspecified atom stereocenters. The van der Waals surface area contributed by atoms with Crippen LogP contribution in [0.4, 0.5) is 0 Å². The Balaban J connectivity index is 1.61. The van der Waals surface area contributed by atoms with Gasteiger partial charge in [-0.3, -0.25) is 0 Å². The molecular weight excluding hydrogens is 348 g/mol. The van der Waals surface area contributed by atoms with Gasteiger partial charge in [-0.1, -0.05) is 80.9 Å². The van der Waals surface area contributed by atoms with Crippen molar-refractivity contribution in [3.05, 3.63) is 83.9 Å². The van der Waals surface area contributed by atoms with Gasteiger partial charge in [-0.15, -0.1) is 0 Å². The van der Waals surface area contributed by atoms with Crippen LogP contribution in [0.3, 0.4) is 0 Å². The fourth-order valence-electron chi connectivity index (χ4n) is 2.97. The second kappa shape index (κ2) is 8.30. The lowest BCUT2D eigenvalue weighted by Crippen LogP contribution is -2.20. The first-order chi connectivity index (χ1) is 13.3. The Kier molecular flexibility index (Phi) is 5.84. The zero-order chi connectivity index (χ0) is 20.1. The van der Waals surface area contributed by atoms with E-state index in [0.29, 0.717) is 11.5 Å². The third-order valence-corrected chi connectivity index (χ3v) is 4.51. The quantitative estimate of drug-likeness (QED) is 0.409. The molecule has 0 atom stereocenters. The zero-order valence-corrected chi connectivity index (χ0v) is 16.9. The van der Waals surface area contributed by atoms with Crippen LogP contribution in [0, 0.1) is 6.92 Å². The van der Waals surface area contributed by atoms with Gasteiger partial charge in [0, 0.05) is 0 Å². The highest BCUT2D eigenvalue weighted by atomic mass is 16.6. The van der Waals surface area contributed by atoms with Crippen molar-refractivity contribution in [1.82, 2.24) is 0 Å². The van der Waals surface area contributed by atoms with Crippen molar-refractivity contribution in [1.29, 1.82) is 0 Å². The van der Waals surface area contributed by atoms with Gasteiger partial charge < -0.3 is 9.47 Å². The minimum atomic E-state index is -0.424. The number of ether oxygens (including phenoxy) is 2. The molecule has 0 radical (unpaired) electrons. The molecule has 0 aliphatic rings. The molecule has 0 N–H and O–H groups in total. The molecule has 3 aromatic carbocycles. The molecule has 0 aliphatic carbocycles. The molecule has 3 nitrogen and oxygen atoms in total. The molecule has 0 fully saturated rings. The summed E-state index contributed by atoms with van der Waals surface area (Å²) in [6, 6.07) is 23.6. The molecule has 0 aromatic heterocycles. The Bertz CT molecular complexity index is 933. The van der Waals surface area contributed by atoms with Gasteiger partial charge in [0.1, 0.15) is 11.5 Å². The summed E-state index contributed by atoms with van der Waals surface area (Å²) in [7, 11) is 0. The highest BCUT2D eigenvalue weighted by Gasteiger charge is 2.19. The number of carbonyl (C=O) groups is 1. The molecule has 0 heterocycles. The topological polar surface area (TPSA) is 35.5 Å². The first-order valence-electron chi connectivity index (χ1n) is 9.43. The van der Waals surface area contributed by atoms with Crippen LogP contribution in [-0.2, 0) is 10.2 Å². The van der Waals surface area contributed by atoms with E-state index in [1.54, 1.807) is 12.1 Å². The smallest absolute Gasteiger partial charge is 0.349 e. The van der Waals surface area contributed by atoms with E-state index < -0.39 is 5.97 Å². The third-order valence-electron chi connectivity index (χ3n) is 4.51. The second-order valence-corrected chi connectivity index (χ2v) is 7.90. The number of esters is 1. The van der Waals surface area contributed by atoms with Crippen molar-refractivity contribution in [3.8, 4) is 22.6 Å². The Morgan fingerprint density at radius 2 is 1.39 bits per heavy atom. The maximum Gasteiger partial charge on any atom is 0.349 e. The molecule has 3 rings (SSSR count). The predicted octanol–water partition coefficient (Wildman–Crippen LogP) is 5.94. The summed E-state index contributed by atoms with van der Waals surface area (Å²) >= 11 is 0. The van der Waals surface area contributed by atoms with E-state index in [1.165, 1.54) is 5.56 Å². The fraction of sp³-hybridized carbons (Fsp3) is 0.240. The van der Waals surface area contributed by atoms with Crippen LogP contribution < -0.4 is 9.47 Å². The van der Waals surface area contributed by atoms with Crippen molar-refractivity contribution in [2.75, 3.05) is 6.61 Å². The van der Waals surface area contributed by atoms with Crippen LogP contribution in [0.15, 0.2) is 72.8 Å². The van der Waals surface area contributed by atoms with Gasteiger partial charge in [-0.05, 0) is 47.2 Å². The minimum Gasteiger partial charge on any atom is -0.482 e. The summed E-state index contributed by atoms with van der Waals surface area (Å²) in [4.78, 5) is 12.2. The largest absolute Gasteiger partial charge is 0.482 e. The lowest BCUT2D eigenvalue weighted by atomic mass is 9.86. The monoisotopic (exact) mass is 374 g/mol. The number of benzene rings is 3. The molecule has 0 spiro atoms. The number of para-hydroxylation sites is 1. The van der Waals surface area contributed by atoms with Crippen molar-refractivity contribution in [3.63, 3.8) is 0 Å². The van der Waals surface area contributed by atoms with E-state index in [1.807, 2.05) is 36.4 Å². The second-order valence-electron chi connectivity index (χ2n) is 7.90. The van der Waals surface area contributed by atoms with Crippen molar-refractivity contribution in [2.24, 2.45) is 0 Å². The van der Waals surface area contributed by atoms with E-state index in [4.69, 9.17) is 9.47 Å². The number of hydrogen-bond acceptors (Lipinski definition) is 3.